The summed E-state index contributed by atoms with van der Waals surface area (Å²) in [5.74, 6) is -0.252. The first-order valence-electron chi connectivity index (χ1n) is 9.14. The predicted molar refractivity (Wildman–Crippen MR) is 115 cm³/mol. The van der Waals surface area contributed by atoms with Crippen LogP contribution in [0.15, 0.2) is 59.5 Å². The summed E-state index contributed by atoms with van der Waals surface area (Å²) in [5, 5.41) is 2.80. The number of nitrogens with zero attached hydrogens (tertiary/aromatic N) is 2. The maximum Gasteiger partial charge on any atom is 0.248 e. The minimum absolute atomic E-state index is 0.249. The van der Waals surface area contributed by atoms with Crippen LogP contribution in [0.2, 0.25) is 0 Å². The minimum Gasteiger partial charge on any atom is -0.378 e. The monoisotopic (exact) mass is 401 g/mol. The largest absolute Gasteiger partial charge is 0.378 e. The van der Waals surface area contributed by atoms with E-state index >= 15 is 0 Å². The maximum absolute atomic E-state index is 12.5. The number of hydrogen-bond acceptors (Lipinski definition) is 4. The van der Waals surface area contributed by atoms with Crippen LogP contribution in [-0.4, -0.2) is 45.8 Å². The summed E-state index contributed by atoms with van der Waals surface area (Å²) in [6.07, 6.45) is 3.07. The summed E-state index contributed by atoms with van der Waals surface area (Å²) < 4.78 is 26.4. The number of carbonyl (C=O) groups is 1. The molecule has 28 heavy (non-hydrogen) atoms. The van der Waals surface area contributed by atoms with Gasteiger partial charge in [-0.2, -0.15) is 4.31 Å². The number of rotatable bonds is 8. The van der Waals surface area contributed by atoms with Gasteiger partial charge in [0.05, 0.1) is 4.90 Å². The van der Waals surface area contributed by atoms with Crippen LogP contribution >= 0.6 is 0 Å². The Balaban J connectivity index is 2.03. The Bertz CT molecular complexity index is 914. The van der Waals surface area contributed by atoms with Crippen LogP contribution in [0.4, 0.5) is 11.4 Å². The molecule has 150 valence electrons. The Morgan fingerprint density at radius 1 is 0.964 bits per heavy atom. The molecule has 0 spiro atoms. The molecule has 0 aromatic heterocycles. The second kappa shape index (κ2) is 9.52. The van der Waals surface area contributed by atoms with Gasteiger partial charge in [-0.15, -0.1) is 0 Å². The lowest BCUT2D eigenvalue weighted by Gasteiger charge is -2.18. The predicted octanol–water partition coefficient (Wildman–Crippen LogP) is 3.44. The first-order chi connectivity index (χ1) is 13.3. The van der Waals surface area contributed by atoms with Crippen molar-refractivity contribution in [3.8, 4) is 0 Å². The molecule has 2 aromatic carbocycles. The van der Waals surface area contributed by atoms with Gasteiger partial charge >= 0.3 is 0 Å². The molecular formula is C21H27N3O3S. The molecule has 0 heterocycles. The van der Waals surface area contributed by atoms with E-state index in [0.717, 1.165) is 11.3 Å². The van der Waals surface area contributed by atoms with Crippen LogP contribution in [0.3, 0.4) is 0 Å². The molecule has 0 aliphatic rings. The fraction of sp³-hybridized carbons (Fsp3) is 0.286. The Labute approximate surface area is 167 Å². The zero-order valence-electron chi connectivity index (χ0n) is 16.7. The smallest absolute Gasteiger partial charge is 0.248 e. The standard InChI is InChI=1S/C21H27N3O3S/c1-5-24(6-2)28(26,27)20-14-7-17(8-15-20)9-16-21(25)22-18-10-12-19(13-11-18)23(3)4/h7-16H,5-6H2,1-4H3,(H,22,25)/b16-9+. The highest BCUT2D eigenvalue weighted by atomic mass is 32.2. The van der Waals surface area contributed by atoms with Gasteiger partial charge in [-0.3, -0.25) is 4.79 Å². The molecule has 0 saturated heterocycles. The molecule has 0 unspecified atom stereocenters. The molecule has 2 aromatic rings. The molecule has 0 atom stereocenters. The molecule has 2 rings (SSSR count). The van der Waals surface area contributed by atoms with Crippen molar-refractivity contribution in [2.45, 2.75) is 18.7 Å². The van der Waals surface area contributed by atoms with Crippen LogP contribution in [-0.2, 0) is 14.8 Å². The molecule has 1 amide bonds. The summed E-state index contributed by atoms with van der Waals surface area (Å²) in [4.78, 5) is 14.3. The molecule has 0 aliphatic carbocycles. The lowest BCUT2D eigenvalue weighted by atomic mass is 10.2. The molecule has 0 radical (unpaired) electrons. The number of benzene rings is 2. The molecule has 6 nitrogen and oxygen atoms in total. The van der Waals surface area contributed by atoms with E-state index in [4.69, 9.17) is 0 Å². The van der Waals surface area contributed by atoms with E-state index in [1.54, 1.807) is 30.3 Å². The number of anilines is 2. The zero-order valence-corrected chi connectivity index (χ0v) is 17.5. The molecular weight excluding hydrogens is 374 g/mol. The number of nitrogens with one attached hydrogen (secondary N) is 1. The lowest BCUT2D eigenvalue weighted by Crippen LogP contribution is -2.30. The van der Waals surface area contributed by atoms with Gasteiger partial charge in [0.15, 0.2) is 0 Å². The van der Waals surface area contributed by atoms with Crippen LogP contribution in [0, 0.1) is 0 Å². The van der Waals surface area contributed by atoms with Crippen LogP contribution in [0.1, 0.15) is 19.4 Å². The Morgan fingerprint density at radius 2 is 1.54 bits per heavy atom. The fourth-order valence-corrected chi connectivity index (χ4v) is 4.12. The average molecular weight is 402 g/mol. The summed E-state index contributed by atoms with van der Waals surface area (Å²) in [5.41, 5.74) is 2.51. The minimum atomic E-state index is -3.47. The maximum atomic E-state index is 12.5. The van der Waals surface area contributed by atoms with E-state index in [2.05, 4.69) is 5.32 Å². The van der Waals surface area contributed by atoms with Crippen LogP contribution < -0.4 is 10.2 Å². The second-order valence-corrected chi connectivity index (χ2v) is 8.36. The first-order valence-corrected chi connectivity index (χ1v) is 10.6. The molecule has 0 saturated carbocycles. The molecule has 0 aliphatic heterocycles. The van der Waals surface area contributed by atoms with E-state index in [1.807, 2.05) is 57.1 Å². The zero-order chi connectivity index (χ0) is 20.7. The Kier molecular flexibility index (Phi) is 7.37. The van der Waals surface area contributed by atoms with Crippen molar-refractivity contribution in [2.24, 2.45) is 0 Å². The highest BCUT2D eigenvalue weighted by Gasteiger charge is 2.20. The van der Waals surface area contributed by atoms with Gasteiger partial charge in [-0.25, -0.2) is 8.42 Å². The molecule has 1 N–H and O–H groups in total. The van der Waals surface area contributed by atoms with Gasteiger partial charge in [0.2, 0.25) is 15.9 Å². The fourth-order valence-electron chi connectivity index (χ4n) is 2.66. The number of hydrogen-bond donors (Lipinski definition) is 1. The van der Waals surface area contributed by atoms with E-state index in [9.17, 15) is 13.2 Å². The second-order valence-electron chi connectivity index (χ2n) is 6.42. The van der Waals surface area contributed by atoms with E-state index in [1.165, 1.54) is 10.4 Å². The van der Waals surface area contributed by atoms with Crippen molar-refractivity contribution in [3.63, 3.8) is 0 Å². The topological polar surface area (TPSA) is 69.7 Å². The highest BCUT2D eigenvalue weighted by Crippen LogP contribution is 2.18. The summed E-state index contributed by atoms with van der Waals surface area (Å²) in [6.45, 7) is 4.47. The van der Waals surface area contributed by atoms with Crippen molar-refractivity contribution in [1.29, 1.82) is 0 Å². The van der Waals surface area contributed by atoms with Crippen LogP contribution in [0.5, 0.6) is 0 Å². The van der Waals surface area contributed by atoms with Gasteiger partial charge in [0, 0.05) is 44.6 Å². The van der Waals surface area contributed by atoms with Gasteiger partial charge in [-0.05, 0) is 48.0 Å². The summed E-state index contributed by atoms with van der Waals surface area (Å²) in [7, 11) is 0.433. The number of sulfonamides is 1. The highest BCUT2D eigenvalue weighted by molar-refractivity contribution is 7.89. The number of amides is 1. The van der Waals surface area contributed by atoms with Gasteiger partial charge in [-0.1, -0.05) is 26.0 Å². The molecule has 0 bridgehead atoms. The normalized spacial score (nSPS) is 11.8. The van der Waals surface area contributed by atoms with E-state index in [0.29, 0.717) is 18.8 Å². The quantitative estimate of drug-likeness (QED) is 0.688. The third kappa shape index (κ3) is 5.43. The molecule has 7 heteroatoms. The van der Waals surface area contributed by atoms with Crippen molar-refractivity contribution in [2.75, 3.05) is 37.4 Å². The third-order valence-corrected chi connectivity index (χ3v) is 6.37. The lowest BCUT2D eigenvalue weighted by molar-refractivity contribution is -0.111. The van der Waals surface area contributed by atoms with E-state index < -0.39 is 10.0 Å². The first kappa shape index (κ1) is 21.7. The van der Waals surface area contributed by atoms with Gasteiger partial charge in [0.1, 0.15) is 0 Å². The summed E-state index contributed by atoms with van der Waals surface area (Å²) >= 11 is 0. The van der Waals surface area contributed by atoms with Crippen molar-refractivity contribution < 1.29 is 13.2 Å². The Hall–Kier alpha value is -2.64. The van der Waals surface area contributed by atoms with Crippen molar-refractivity contribution in [1.82, 2.24) is 4.31 Å². The van der Waals surface area contributed by atoms with Crippen LogP contribution in [0.25, 0.3) is 6.08 Å². The SMILES string of the molecule is CCN(CC)S(=O)(=O)c1ccc(/C=C/C(=O)Nc2ccc(N(C)C)cc2)cc1. The van der Waals surface area contributed by atoms with Crippen molar-refractivity contribution in [3.05, 3.63) is 60.2 Å². The van der Waals surface area contributed by atoms with Gasteiger partial charge < -0.3 is 10.2 Å². The third-order valence-electron chi connectivity index (χ3n) is 4.30. The number of carbonyl (C=O) groups excluding carboxylic acids is 1. The average Bonchev–Trinajstić information content (AvgIpc) is 2.68. The van der Waals surface area contributed by atoms with E-state index in [-0.39, 0.29) is 10.8 Å². The summed E-state index contributed by atoms with van der Waals surface area (Å²) in [6, 6.07) is 14.0. The molecule has 0 fully saturated rings. The van der Waals surface area contributed by atoms with Crippen molar-refractivity contribution >= 4 is 33.4 Å². The Morgan fingerprint density at radius 3 is 2.04 bits per heavy atom. The van der Waals surface area contributed by atoms with Gasteiger partial charge in [0.25, 0.3) is 0 Å².